The van der Waals surface area contributed by atoms with E-state index in [0.29, 0.717) is 6.04 Å². The lowest BCUT2D eigenvalue weighted by atomic mass is 10.0. The zero-order valence-corrected chi connectivity index (χ0v) is 23.9. The first-order chi connectivity index (χ1) is 18.3. The van der Waals surface area contributed by atoms with Crippen molar-refractivity contribution in [2.75, 3.05) is 34.2 Å². The average Bonchev–Trinajstić information content (AvgIpc) is 3.64. The second-order valence-corrected chi connectivity index (χ2v) is 11.1. The number of terminal acetylenes is 1. The molecule has 0 bridgehead atoms. The van der Waals surface area contributed by atoms with Crippen LogP contribution in [0.25, 0.3) is 21.1 Å². The zero-order chi connectivity index (χ0) is 27.7. The molecule has 8 heteroatoms. The minimum absolute atomic E-state index is 0.0793. The molecule has 0 radical (unpaired) electrons. The number of nitrogens with zero attached hydrogens (tertiary/aromatic N) is 4. The molecule has 2 aromatic carbocycles. The molecular weight excluding hydrogens is 494 g/mol. The number of hydrogen-bond acceptors (Lipinski definition) is 7. The second kappa shape index (κ2) is 14.1. The van der Waals surface area contributed by atoms with E-state index in [2.05, 4.69) is 45.0 Å². The Labute approximate surface area is 231 Å². The van der Waals surface area contributed by atoms with Crippen LogP contribution in [0.5, 0.6) is 5.75 Å². The first-order valence-electron chi connectivity index (χ1n) is 13.0. The minimum atomic E-state index is 0.0793. The van der Waals surface area contributed by atoms with Gasteiger partial charge in [0, 0.05) is 17.2 Å². The number of primary amides is 1. The van der Waals surface area contributed by atoms with Crippen LogP contribution in [0.2, 0.25) is 0 Å². The summed E-state index contributed by atoms with van der Waals surface area (Å²) >= 11 is 1.63. The summed E-state index contributed by atoms with van der Waals surface area (Å²) < 4.78 is 5.83. The highest BCUT2D eigenvalue weighted by Gasteiger charge is 2.31. The molecule has 3 aromatic rings. The fourth-order valence-corrected chi connectivity index (χ4v) is 5.74. The lowest BCUT2D eigenvalue weighted by Crippen LogP contribution is -2.23. The van der Waals surface area contributed by atoms with Gasteiger partial charge < -0.3 is 15.4 Å². The summed E-state index contributed by atoms with van der Waals surface area (Å²) in [5.74, 6) is 3.48. The van der Waals surface area contributed by atoms with Gasteiger partial charge in [-0.2, -0.15) is 0 Å². The van der Waals surface area contributed by atoms with Gasteiger partial charge >= 0.3 is 0 Å². The summed E-state index contributed by atoms with van der Waals surface area (Å²) in [6.07, 6.45) is 11.0. The number of fused-ring (bicyclic) bond motifs is 1. The van der Waals surface area contributed by atoms with Crippen LogP contribution < -0.4 is 10.5 Å². The summed E-state index contributed by atoms with van der Waals surface area (Å²) in [5.41, 5.74) is 10.1. The van der Waals surface area contributed by atoms with Crippen molar-refractivity contribution < 1.29 is 9.53 Å². The second-order valence-electron chi connectivity index (χ2n) is 10.1. The van der Waals surface area contributed by atoms with Gasteiger partial charge in [0.25, 0.3) is 0 Å². The van der Waals surface area contributed by atoms with Crippen molar-refractivity contribution in [3.05, 3.63) is 53.1 Å². The van der Waals surface area contributed by atoms with Crippen molar-refractivity contribution in [1.82, 2.24) is 20.0 Å². The number of ether oxygens (including phenoxy) is 1. The van der Waals surface area contributed by atoms with E-state index >= 15 is 0 Å². The van der Waals surface area contributed by atoms with E-state index in [0.717, 1.165) is 33.3 Å². The topological polar surface area (TPSA) is 84.6 Å². The Hall–Kier alpha value is -3.25. The highest BCUT2D eigenvalue weighted by atomic mass is 32.1. The van der Waals surface area contributed by atoms with Gasteiger partial charge in [0.05, 0.1) is 11.7 Å². The molecule has 38 heavy (non-hydrogen) atoms. The standard InChI is InChI=1S/C26H27N3OS.C3H9N.CH3NO/c1-4-18-16-19(10-13-24(18)30-17(2)3)25-27-28-26(31-25)22-9-7-8-21-20(22)11-12-23(21)29-14-5-6-15-29;1-4(2)3;2-1-3/h1,7-10,13,16-17,23H,5-6,11-12,14-15H2,2-3H3;1-3H3;1H,(H2,2,3). The molecule has 0 spiro atoms. The summed E-state index contributed by atoms with van der Waals surface area (Å²) in [4.78, 5) is 13.2. The van der Waals surface area contributed by atoms with Crippen LogP contribution in [-0.2, 0) is 11.2 Å². The number of nitrogens with two attached hydrogens (primary N) is 1. The van der Waals surface area contributed by atoms with Crippen molar-refractivity contribution in [2.45, 2.75) is 51.7 Å². The predicted octanol–water partition coefficient (Wildman–Crippen LogP) is 5.00. The molecular formula is C30H39N5O2S. The highest BCUT2D eigenvalue weighted by Crippen LogP contribution is 2.43. The normalized spacial score (nSPS) is 16.2. The third kappa shape index (κ3) is 7.41. The van der Waals surface area contributed by atoms with E-state index in [1.165, 1.54) is 49.0 Å². The summed E-state index contributed by atoms with van der Waals surface area (Å²) in [6.45, 7) is 6.45. The monoisotopic (exact) mass is 533 g/mol. The molecule has 1 atom stereocenters. The van der Waals surface area contributed by atoms with Crippen molar-refractivity contribution in [3.63, 3.8) is 0 Å². The van der Waals surface area contributed by atoms with Gasteiger partial charge in [-0.3, -0.25) is 9.69 Å². The molecule has 202 valence electrons. The first kappa shape index (κ1) is 29.3. The predicted molar refractivity (Wildman–Crippen MR) is 156 cm³/mol. The molecule has 1 amide bonds. The van der Waals surface area contributed by atoms with Gasteiger partial charge in [-0.1, -0.05) is 35.5 Å². The molecule has 1 aliphatic heterocycles. The quantitative estimate of drug-likeness (QED) is 0.367. The van der Waals surface area contributed by atoms with Crippen LogP contribution in [0.3, 0.4) is 0 Å². The van der Waals surface area contributed by atoms with E-state index in [9.17, 15) is 0 Å². The van der Waals surface area contributed by atoms with Crippen molar-refractivity contribution in [3.8, 4) is 39.2 Å². The SMILES string of the molecule is C#Cc1cc(-c2nnc(-c3cccc4c3CCC4N3CCCC3)s2)ccc1OC(C)C.CN(C)C.NC=O. The van der Waals surface area contributed by atoms with Crippen molar-refractivity contribution in [2.24, 2.45) is 5.73 Å². The molecule has 1 saturated heterocycles. The van der Waals surface area contributed by atoms with Crippen LogP contribution in [0, 0.1) is 12.3 Å². The molecule has 0 saturated carbocycles. The number of carbonyl (C=O) groups is 1. The fraction of sp³-hybridized carbons (Fsp3) is 0.433. The molecule has 2 heterocycles. The van der Waals surface area contributed by atoms with E-state index in [1.54, 1.807) is 11.3 Å². The Morgan fingerprint density at radius 3 is 2.45 bits per heavy atom. The van der Waals surface area contributed by atoms with Crippen LogP contribution in [0.15, 0.2) is 36.4 Å². The molecule has 1 fully saturated rings. The number of amides is 1. The molecule has 1 unspecified atom stereocenters. The third-order valence-electron chi connectivity index (χ3n) is 6.22. The maximum atomic E-state index is 8.58. The van der Waals surface area contributed by atoms with Crippen LogP contribution in [0.4, 0.5) is 0 Å². The van der Waals surface area contributed by atoms with Gasteiger partial charge in [-0.25, -0.2) is 0 Å². The fourth-order valence-electron chi connectivity index (χ4n) is 4.85. The van der Waals surface area contributed by atoms with E-state index < -0.39 is 0 Å². The molecule has 1 aliphatic carbocycles. The maximum absolute atomic E-state index is 8.58. The van der Waals surface area contributed by atoms with E-state index in [4.69, 9.17) is 16.0 Å². The first-order valence-corrected chi connectivity index (χ1v) is 13.8. The number of carbonyl (C=O) groups excluding carboxylic acids is 1. The lowest BCUT2D eigenvalue weighted by molar-refractivity contribution is -0.106. The van der Waals surface area contributed by atoms with Crippen LogP contribution in [-0.4, -0.2) is 66.7 Å². The number of rotatable bonds is 5. The number of benzene rings is 2. The summed E-state index contributed by atoms with van der Waals surface area (Å²) in [5, 5.41) is 10.9. The van der Waals surface area contributed by atoms with Crippen molar-refractivity contribution in [1.29, 1.82) is 0 Å². The largest absolute Gasteiger partial charge is 0.490 e. The van der Waals surface area contributed by atoms with Gasteiger partial charge in [0.2, 0.25) is 6.41 Å². The van der Waals surface area contributed by atoms with Crippen LogP contribution in [0.1, 0.15) is 55.8 Å². The molecule has 1 aromatic heterocycles. The number of likely N-dealkylation sites (tertiary alicyclic amines) is 1. The molecule has 2 N–H and O–H groups in total. The zero-order valence-electron chi connectivity index (χ0n) is 23.1. The molecule has 2 aliphatic rings. The Bertz CT molecular complexity index is 1240. The summed E-state index contributed by atoms with van der Waals surface area (Å²) in [6, 6.07) is 13.2. The smallest absolute Gasteiger partial charge is 0.204 e. The number of aromatic nitrogens is 2. The Balaban J connectivity index is 0.000000515. The van der Waals surface area contributed by atoms with Crippen LogP contribution >= 0.6 is 11.3 Å². The van der Waals surface area contributed by atoms with Gasteiger partial charge in [-0.05, 0) is 103 Å². The van der Waals surface area contributed by atoms with Gasteiger partial charge in [-0.15, -0.1) is 16.6 Å². The Kier molecular flexibility index (Phi) is 10.8. The lowest BCUT2D eigenvalue weighted by Gasteiger charge is -2.24. The third-order valence-corrected chi connectivity index (χ3v) is 7.23. The highest BCUT2D eigenvalue weighted by molar-refractivity contribution is 7.17. The van der Waals surface area contributed by atoms with Gasteiger partial charge in [0.1, 0.15) is 15.8 Å². The minimum Gasteiger partial charge on any atom is -0.490 e. The molecule has 7 nitrogen and oxygen atoms in total. The van der Waals surface area contributed by atoms with Gasteiger partial charge in [0.15, 0.2) is 0 Å². The number of hydrogen-bond donors (Lipinski definition) is 1. The molecule has 5 rings (SSSR count). The van der Waals surface area contributed by atoms with E-state index in [1.807, 2.05) is 58.1 Å². The maximum Gasteiger partial charge on any atom is 0.204 e. The Morgan fingerprint density at radius 1 is 1.16 bits per heavy atom. The van der Waals surface area contributed by atoms with Crippen molar-refractivity contribution >= 4 is 17.7 Å². The Morgan fingerprint density at radius 2 is 1.82 bits per heavy atom. The average molecular weight is 534 g/mol. The van der Waals surface area contributed by atoms with E-state index in [-0.39, 0.29) is 12.5 Å². The summed E-state index contributed by atoms with van der Waals surface area (Å²) in [7, 11) is 6.00.